The van der Waals surface area contributed by atoms with Gasteiger partial charge in [-0.1, -0.05) is 72.8 Å². The highest BCUT2D eigenvalue weighted by Crippen LogP contribution is 2.34. The molecule has 0 amide bonds. The van der Waals surface area contributed by atoms with Crippen LogP contribution in [0, 0.1) is 14.9 Å². The van der Waals surface area contributed by atoms with E-state index in [2.05, 4.69) is 77.2 Å². The predicted octanol–water partition coefficient (Wildman–Crippen LogP) is 8.48. The summed E-state index contributed by atoms with van der Waals surface area (Å²) in [7, 11) is 0. The molecule has 2 aromatic heterocycles. The highest BCUT2D eigenvalue weighted by molar-refractivity contribution is 14.1. The summed E-state index contributed by atoms with van der Waals surface area (Å²) in [4.78, 5) is 4.79. The minimum absolute atomic E-state index is 0.510. The van der Waals surface area contributed by atoms with E-state index < -0.39 is 0 Å². The van der Waals surface area contributed by atoms with Crippen LogP contribution in [0.3, 0.4) is 0 Å². The average Bonchev–Trinajstić information content (AvgIpc) is 3.60. The third-order valence-corrected chi connectivity index (χ3v) is 7.70. The van der Waals surface area contributed by atoms with Crippen molar-refractivity contribution in [2.75, 3.05) is 0 Å². The molecule has 0 aliphatic heterocycles. The van der Waals surface area contributed by atoms with E-state index in [9.17, 15) is 5.26 Å². The molecule has 0 radical (unpaired) electrons. The fraction of sp³-hybridized carbons (Fsp3) is 0. The largest absolute Gasteiger partial charge is 0.240 e. The Hall–Kier alpha value is -4.06. The molecular formula is C31H19IN4S. The van der Waals surface area contributed by atoms with Crippen molar-refractivity contribution in [2.45, 2.75) is 0 Å². The Kier molecular flexibility index (Phi) is 6.39. The lowest BCUT2D eigenvalue weighted by atomic mass is 9.99. The number of halogens is 1. The number of aromatic nitrogens is 3. The topological polar surface area (TPSA) is 54.5 Å². The Labute approximate surface area is 232 Å². The van der Waals surface area contributed by atoms with Crippen LogP contribution in [0.2, 0.25) is 0 Å². The molecule has 6 rings (SSSR count). The molecule has 0 aliphatic rings. The number of rotatable bonds is 5. The van der Waals surface area contributed by atoms with Gasteiger partial charge in [-0.2, -0.15) is 10.4 Å². The Bertz CT molecular complexity index is 1790. The molecule has 2 heterocycles. The number of nitrogens with zero attached hydrogens (tertiary/aromatic N) is 4. The van der Waals surface area contributed by atoms with Crippen molar-refractivity contribution in [3.8, 4) is 34.3 Å². The minimum atomic E-state index is 0.510. The molecule has 0 N–H and O–H groups in total. The number of allylic oxidation sites excluding steroid dienone is 1. The highest BCUT2D eigenvalue weighted by Gasteiger charge is 2.16. The van der Waals surface area contributed by atoms with Crippen molar-refractivity contribution < 1.29 is 0 Å². The molecule has 0 unspecified atom stereocenters. The zero-order valence-electron chi connectivity index (χ0n) is 19.5. The molecule has 6 aromatic rings. The van der Waals surface area contributed by atoms with Crippen molar-refractivity contribution in [3.63, 3.8) is 0 Å². The number of nitriles is 1. The molecule has 0 bridgehead atoms. The Balaban J connectivity index is 1.49. The van der Waals surface area contributed by atoms with Gasteiger partial charge in [-0.3, -0.25) is 0 Å². The molecule has 37 heavy (non-hydrogen) atoms. The third kappa shape index (κ3) is 4.71. The standard InChI is InChI=1S/C31H19IN4S/c32-25-15-13-22(14-16-25)29-20-37-31(34-29)23(18-33)17-24-19-36(26-9-2-1-3-10-26)35-30(24)28-12-6-8-21-7-4-5-11-27(21)28/h1-17,19-20H/b23-17+. The van der Waals surface area contributed by atoms with E-state index in [-0.39, 0.29) is 0 Å². The summed E-state index contributed by atoms with van der Waals surface area (Å²) in [5, 5.41) is 20.1. The van der Waals surface area contributed by atoms with Crippen LogP contribution in [0.5, 0.6) is 0 Å². The van der Waals surface area contributed by atoms with Crippen LogP contribution in [0.1, 0.15) is 10.6 Å². The van der Waals surface area contributed by atoms with Crippen molar-refractivity contribution in [1.29, 1.82) is 5.26 Å². The number of thiazole rings is 1. The van der Waals surface area contributed by atoms with Gasteiger partial charge in [-0.15, -0.1) is 11.3 Å². The molecule has 0 fully saturated rings. The van der Waals surface area contributed by atoms with Crippen LogP contribution in [0.4, 0.5) is 0 Å². The van der Waals surface area contributed by atoms with Crippen LogP contribution in [-0.2, 0) is 0 Å². The van der Waals surface area contributed by atoms with Crippen LogP contribution in [-0.4, -0.2) is 14.8 Å². The van der Waals surface area contributed by atoms with Gasteiger partial charge in [0.05, 0.1) is 17.0 Å². The summed E-state index contributed by atoms with van der Waals surface area (Å²) in [6.45, 7) is 0. The van der Waals surface area contributed by atoms with Crippen LogP contribution < -0.4 is 0 Å². The molecule has 0 saturated carbocycles. The van der Waals surface area contributed by atoms with Crippen LogP contribution in [0.25, 0.3) is 50.6 Å². The highest BCUT2D eigenvalue weighted by atomic mass is 127. The fourth-order valence-electron chi connectivity index (χ4n) is 4.30. The first-order valence-electron chi connectivity index (χ1n) is 11.7. The molecule has 0 spiro atoms. The van der Waals surface area contributed by atoms with Gasteiger partial charge in [0.25, 0.3) is 0 Å². The van der Waals surface area contributed by atoms with Gasteiger partial charge >= 0.3 is 0 Å². The molecule has 0 atom stereocenters. The smallest absolute Gasteiger partial charge is 0.134 e. The SMILES string of the molecule is N#C/C(=C\c1cn(-c2ccccc2)nc1-c1cccc2ccccc12)c1nc(-c2ccc(I)cc2)cs1. The van der Waals surface area contributed by atoms with Gasteiger partial charge in [0.15, 0.2) is 0 Å². The Morgan fingerprint density at radius 1 is 0.892 bits per heavy atom. The second-order valence-corrected chi connectivity index (χ2v) is 10.6. The van der Waals surface area contributed by atoms with E-state index in [0.29, 0.717) is 10.6 Å². The average molecular weight is 606 g/mol. The summed E-state index contributed by atoms with van der Waals surface area (Å²) in [5.41, 5.74) is 6.08. The van der Waals surface area contributed by atoms with Gasteiger partial charge in [0, 0.05) is 31.8 Å². The summed E-state index contributed by atoms with van der Waals surface area (Å²) in [6.07, 6.45) is 3.89. The van der Waals surface area contributed by atoms with E-state index >= 15 is 0 Å². The molecular weight excluding hydrogens is 587 g/mol. The lowest BCUT2D eigenvalue weighted by molar-refractivity contribution is 0.884. The second kappa shape index (κ2) is 10.1. The summed E-state index contributed by atoms with van der Waals surface area (Å²) in [6, 6.07) is 35.1. The number of para-hydroxylation sites is 1. The number of fused-ring (bicyclic) bond motifs is 1. The minimum Gasteiger partial charge on any atom is -0.240 e. The van der Waals surface area contributed by atoms with Gasteiger partial charge < -0.3 is 0 Å². The van der Waals surface area contributed by atoms with Crippen molar-refractivity contribution in [2.24, 2.45) is 0 Å². The first-order valence-corrected chi connectivity index (χ1v) is 13.6. The normalized spacial score (nSPS) is 11.5. The van der Waals surface area contributed by atoms with Gasteiger partial charge in [0.2, 0.25) is 0 Å². The number of hydrogen-bond donors (Lipinski definition) is 0. The van der Waals surface area contributed by atoms with Crippen LogP contribution in [0.15, 0.2) is 109 Å². The van der Waals surface area contributed by atoms with E-state index in [0.717, 1.165) is 44.5 Å². The van der Waals surface area contributed by atoms with Gasteiger partial charge in [-0.05, 0) is 63.7 Å². The quantitative estimate of drug-likeness (QED) is 0.146. The van der Waals surface area contributed by atoms with E-state index in [1.54, 1.807) is 0 Å². The van der Waals surface area contributed by atoms with E-state index in [1.165, 1.54) is 14.9 Å². The van der Waals surface area contributed by atoms with Gasteiger partial charge in [0.1, 0.15) is 16.8 Å². The Morgan fingerprint density at radius 3 is 2.46 bits per heavy atom. The lowest BCUT2D eigenvalue weighted by Crippen LogP contribution is -1.94. The first kappa shape index (κ1) is 23.3. The summed E-state index contributed by atoms with van der Waals surface area (Å²) >= 11 is 3.77. The third-order valence-electron chi connectivity index (χ3n) is 6.10. The maximum atomic E-state index is 10.1. The second-order valence-electron chi connectivity index (χ2n) is 8.45. The molecule has 4 aromatic carbocycles. The van der Waals surface area contributed by atoms with Crippen molar-refractivity contribution in [1.82, 2.24) is 14.8 Å². The zero-order chi connectivity index (χ0) is 25.2. The number of benzene rings is 4. The van der Waals surface area contributed by atoms with Crippen LogP contribution >= 0.6 is 33.9 Å². The zero-order valence-corrected chi connectivity index (χ0v) is 22.5. The summed E-state index contributed by atoms with van der Waals surface area (Å²) < 4.78 is 3.04. The van der Waals surface area contributed by atoms with Gasteiger partial charge in [-0.25, -0.2) is 9.67 Å². The van der Waals surface area contributed by atoms with E-state index in [1.807, 2.05) is 70.9 Å². The first-order chi connectivity index (χ1) is 18.2. The van der Waals surface area contributed by atoms with Crippen molar-refractivity contribution in [3.05, 3.63) is 123 Å². The predicted molar refractivity (Wildman–Crippen MR) is 160 cm³/mol. The molecule has 4 nitrogen and oxygen atoms in total. The number of hydrogen-bond acceptors (Lipinski definition) is 4. The maximum absolute atomic E-state index is 10.1. The Morgan fingerprint density at radius 2 is 1.65 bits per heavy atom. The molecule has 0 aliphatic carbocycles. The van der Waals surface area contributed by atoms with E-state index in [4.69, 9.17) is 10.1 Å². The molecule has 0 saturated heterocycles. The summed E-state index contributed by atoms with van der Waals surface area (Å²) in [5.74, 6) is 0. The maximum Gasteiger partial charge on any atom is 0.134 e. The lowest BCUT2D eigenvalue weighted by Gasteiger charge is -2.05. The molecule has 176 valence electrons. The molecule has 6 heteroatoms. The van der Waals surface area contributed by atoms with Crippen molar-refractivity contribution >= 4 is 56.3 Å². The fourth-order valence-corrected chi connectivity index (χ4v) is 5.45. The monoisotopic (exact) mass is 606 g/mol.